The van der Waals surface area contributed by atoms with Crippen LogP contribution >= 0.6 is 0 Å². The van der Waals surface area contributed by atoms with Gasteiger partial charge in [0.2, 0.25) is 0 Å². The van der Waals surface area contributed by atoms with Gasteiger partial charge < -0.3 is 20.5 Å². The van der Waals surface area contributed by atoms with E-state index in [1.54, 1.807) is 14.0 Å². The highest BCUT2D eigenvalue weighted by molar-refractivity contribution is 5.74. The summed E-state index contributed by atoms with van der Waals surface area (Å²) in [6, 6.07) is -0.450. The third kappa shape index (κ3) is 9.01. The van der Waals surface area contributed by atoms with E-state index in [9.17, 15) is 9.59 Å². The lowest BCUT2D eigenvalue weighted by Crippen LogP contribution is -2.42. The van der Waals surface area contributed by atoms with Gasteiger partial charge in [-0.15, -0.1) is 0 Å². The zero-order valence-corrected chi connectivity index (χ0v) is 9.08. The van der Waals surface area contributed by atoms with Gasteiger partial charge in [-0.05, 0) is 13.3 Å². The molecule has 0 radical (unpaired) electrons. The maximum absolute atomic E-state index is 11.1. The topological polar surface area (TPSA) is 87.7 Å². The van der Waals surface area contributed by atoms with Crippen molar-refractivity contribution in [3.05, 3.63) is 0 Å². The number of hydrogen-bond acceptors (Lipinski definition) is 3. The van der Waals surface area contributed by atoms with E-state index in [1.807, 2.05) is 0 Å². The van der Waals surface area contributed by atoms with Crippen LogP contribution in [0.5, 0.6) is 0 Å². The highest BCUT2D eigenvalue weighted by Crippen LogP contribution is 1.95. The number of nitrogens with one attached hydrogen (secondary N) is 2. The van der Waals surface area contributed by atoms with E-state index in [0.29, 0.717) is 19.6 Å². The first-order chi connectivity index (χ1) is 7.06. The minimum absolute atomic E-state index is 0.0551. The number of methoxy groups -OCH3 is 1. The number of aliphatic carboxylic acids is 1. The molecule has 3 N–H and O–H groups in total. The minimum Gasteiger partial charge on any atom is -0.481 e. The average molecular weight is 218 g/mol. The number of ether oxygens (including phenoxy) is 1. The Labute approximate surface area is 89.0 Å². The van der Waals surface area contributed by atoms with Crippen molar-refractivity contribution in [1.29, 1.82) is 0 Å². The Kier molecular flexibility index (Phi) is 7.35. The van der Waals surface area contributed by atoms with Crippen LogP contribution in [0, 0.1) is 0 Å². The Morgan fingerprint density at radius 3 is 2.67 bits per heavy atom. The van der Waals surface area contributed by atoms with Gasteiger partial charge >= 0.3 is 12.0 Å². The van der Waals surface area contributed by atoms with Crippen LogP contribution in [0.25, 0.3) is 0 Å². The zero-order chi connectivity index (χ0) is 11.7. The molecule has 2 amide bonds. The van der Waals surface area contributed by atoms with E-state index in [0.717, 1.165) is 0 Å². The summed E-state index contributed by atoms with van der Waals surface area (Å²) in [5.74, 6) is -0.858. The van der Waals surface area contributed by atoms with Crippen LogP contribution in [0.3, 0.4) is 0 Å². The maximum atomic E-state index is 11.1. The summed E-state index contributed by atoms with van der Waals surface area (Å²) in [5, 5.41) is 13.6. The lowest BCUT2D eigenvalue weighted by Gasteiger charge is -2.13. The first-order valence-corrected chi connectivity index (χ1v) is 4.81. The lowest BCUT2D eigenvalue weighted by molar-refractivity contribution is -0.137. The number of hydrogen-bond donors (Lipinski definition) is 3. The molecule has 0 aromatic carbocycles. The van der Waals surface area contributed by atoms with Gasteiger partial charge in [0, 0.05) is 26.1 Å². The van der Waals surface area contributed by atoms with E-state index < -0.39 is 5.97 Å². The highest BCUT2D eigenvalue weighted by Gasteiger charge is 2.08. The summed E-state index contributed by atoms with van der Waals surface area (Å²) in [6.07, 6.45) is 0.479. The second kappa shape index (κ2) is 8.05. The molecule has 6 nitrogen and oxygen atoms in total. The molecule has 15 heavy (non-hydrogen) atoms. The molecule has 6 heteroatoms. The molecule has 0 aliphatic rings. The summed E-state index contributed by atoms with van der Waals surface area (Å²) in [7, 11) is 1.55. The number of rotatable bonds is 7. The summed E-state index contributed by atoms with van der Waals surface area (Å²) in [5.41, 5.74) is 0. The highest BCUT2D eigenvalue weighted by atomic mass is 16.5. The van der Waals surface area contributed by atoms with Crippen LogP contribution < -0.4 is 10.6 Å². The van der Waals surface area contributed by atoms with Crippen LogP contribution in [0.2, 0.25) is 0 Å². The fourth-order valence-electron chi connectivity index (χ4n) is 0.954. The Hall–Kier alpha value is -1.30. The van der Waals surface area contributed by atoms with Crippen LogP contribution in [-0.4, -0.2) is 43.4 Å². The molecule has 1 atom stereocenters. The third-order valence-corrected chi connectivity index (χ3v) is 1.76. The predicted molar refractivity (Wildman–Crippen MR) is 54.7 cm³/mol. The summed E-state index contributed by atoms with van der Waals surface area (Å²) in [4.78, 5) is 21.4. The van der Waals surface area contributed by atoms with Crippen molar-refractivity contribution in [2.24, 2.45) is 0 Å². The van der Waals surface area contributed by atoms with Gasteiger partial charge in [-0.3, -0.25) is 4.79 Å². The molecule has 0 heterocycles. The quantitative estimate of drug-likeness (QED) is 0.532. The molecular formula is C9H18N2O4. The van der Waals surface area contributed by atoms with E-state index in [4.69, 9.17) is 9.84 Å². The van der Waals surface area contributed by atoms with Gasteiger partial charge in [0.15, 0.2) is 0 Å². The first-order valence-electron chi connectivity index (χ1n) is 4.81. The van der Waals surface area contributed by atoms with Crippen molar-refractivity contribution in [3.63, 3.8) is 0 Å². The van der Waals surface area contributed by atoms with Crippen molar-refractivity contribution >= 4 is 12.0 Å². The number of carboxylic acids is 1. The number of amides is 2. The fourth-order valence-corrected chi connectivity index (χ4v) is 0.954. The minimum atomic E-state index is -0.858. The Balaban J connectivity index is 3.53. The molecule has 0 fully saturated rings. The standard InChI is InChI=1S/C9H18N2O4/c1-7(3-4-8(12)13)11-9(14)10-5-6-15-2/h7H,3-6H2,1-2H3,(H,12,13)(H2,10,11,14). The predicted octanol–water partition coefficient (Wildman–Crippen LogP) is 0.185. The molecule has 0 saturated carbocycles. The van der Waals surface area contributed by atoms with Gasteiger partial charge in [-0.1, -0.05) is 0 Å². The van der Waals surface area contributed by atoms with Crippen molar-refractivity contribution in [2.45, 2.75) is 25.8 Å². The average Bonchev–Trinajstić information content (AvgIpc) is 2.15. The first kappa shape index (κ1) is 13.7. The molecule has 88 valence electrons. The van der Waals surface area contributed by atoms with Crippen molar-refractivity contribution in [2.75, 3.05) is 20.3 Å². The Morgan fingerprint density at radius 2 is 2.13 bits per heavy atom. The molecule has 0 aliphatic heterocycles. The fraction of sp³-hybridized carbons (Fsp3) is 0.778. The zero-order valence-electron chi connectivity index (χ0n) is 9.08. The summed E-state index contributed by atoms with van der Waals surface area (Å²) < 4.78 is 4.76. The lowest BCUT2D eigenvalue weighted by atomic mass is 10.2. The third-order valence-electron chi connectivity index (χ3n) is 1.76. The van der Waals surface area contributed by atoms with E-state index in [2.05, 4.69) is 10.6 Å². The van der Waals surface area contributed by atoms with Crippen LogP contribution in [0.1, 0.15) is 19.8 Å². The Morgan fingerprint density at radius 1 is 1.47 bits per heavy atom. The molecule has 0 saturated heterocycles. The SMILES string of the molecule is COCCNC(=O)NC(C)CCC(=O)O. The largest absolute Gasteiger partial charge is 0.481 e. The van der Waals surface area contributed by atoms with E-state index >= 15 is 0 Å². The number of carboxylic acid groups (broad SMARTS) is 1. The second-order valence-electron chi connectivity index (χ2n) is 3.23. The number of carbonyl (C=O) groups is 2. The molecule has 0 aromatic rings. The monoisotopic (exact) mass is 218 g/mol. The number of urea groups is 1. The second-order valence-corrected chi connectivity index (χ2v) is 3.23. The number of carbonyl (C=O) groups excluding carboxylic acids is 1. The molecular weight excluding hydrogens is 200 g/mol. The summed E-state index contributed by atoms with van der Waals surface area (Å²) in [6.45, 7) is 2.66. The van der Waals surface area contributed by atoms with Crippen LogP contribution in [0.15, 0.2) is 0 Å². The van der Waals surface area contributed by atoms with E-state index in [1.165, 1.54) is 0 Å². The van der Waals surface area contributed by atoms with Gasteiger partial charge in [0.25, 0.3) is 0 Å². The smallest absolute Gasteiger partial charge is 0.315 e. The van der Waals surface area contributed by atoms with Crippen LogP contribution in [-0.2, 0) is 9.53 Å². The normalized spacial score (nSPS) is 11.9. The molecule has 1 unspecified atom stereocenters. The van der Waals surface area contributed by atoms with Crippen molar-refractivity contribution in [3.8, 4) is 0 Å². The Bertz CT molecular complexity index is 208. The van der Waals surface area contributed by atoms with Gasteiger partial charge in [-0.2, -0.15) is 0 Å². The maximum Gasteiger partial charge on any atom is 0.315 e. The molecule has 0 aromatic heterocycles. The summed E-state index contributed by atoms with van der Waals surface area (Å²) >= 11 is 0. The molecule has 0 spiro atoms. The van der Waals surface area contributed by atoms with Crippen molar-refractivity contribution in [1.82, 2.24) is 10.6 Å². The van der Waals surface area contributed by atoms with Crippen LogP contribution in [0.4, 0.5) is 4.79 Å². The van der Waals surface area contributed by atoms with Gasteiger partial charge in [0.05, 0.1) is 6.61 Å². The van der Waals surface area contributed by atoms with Gasteiger partial charge in [0.1, 0.15) is 0 Å². The molecule has 0 bridgehead atoms. The molecule has 0 aliphatic carbocycles. The van der Waals surface area contributed by atoms with E-state index in [-0.39, 0.29) is 18.5 Å². The van der Waals surface area contributed by atoms with Crippen molar-refractivity contribution < 1.29 is 19.4 Å². The molecule has 0 rings (SSSR count). The van der Waals surface area contributed by atoms with Gasteiger partial charge in [-0.25, -0.2) is 4.79 Å².